The van der Waals surface area contributed by atoms with Crippen LogP contribution in [0.15, 0.2) is 64.3 Å². The summed E-state index contributed by atoms with van der Waals surface area (Å²) in [5, 5.41) is 0. The molecule has 0 bridgehead atoms. The average Bonchev–Trinajstić information content (AvgIpc) is 3.10. The number of halogens is 1. The van der Waals surface area contributed by atoms with Crippen LogP contribution in [0.2, 0.25) is 0 Å². The molecule has 0 N–H and O–H groups in total. The van der Waals surface area contributed by atoms with Crippen LogP contribution < -0.4 is 10.5 Å². The molecule has 0 saturated carbocycles. The largest absolute Gasteiger partial charge is 0.296 e. The van der Waals surface area contributed by atoms with Crippen molar-refractivity contribution in [3.63, 3.8) is 0 Å². The van der Waals surface area contributed by atoms with Crippen LogP contribution >= 0.6 is 24.0 Å². The Morgan fingerprint density at radius 1 is 1.03 bits per heavy atom. The number of aromatic nitrogens is 2. The fraction of sp³-hybridized carbons (Fsp3) is 0.0952. The van der Waals surface area contributed by atoms with Gasteiger partial charge in [-0.1, -0.05) is 60.4 Å². The molecule has 2 heterocycles. The van der Waals surface area contributed by atoms with Crippen molar-refractivity contribution in [1.82, 2.24) is 9.36 Å². The third kappa shape index (κ3) is 3.24. The molecule has 0 atom stereocenters. The van der Waals surface area contributed by atoms with Crippen LogP contribution in [0.3, 0.4) is 0 Å². The van der Waals surface area contributed by atoms with E-state index in [1.807, 2.05) is 30.3 Å². The minimum Gasteiger partial charge on any atom is -0.283 e. The summed E-state index contributed by atoms with van der Waals surface area (Å²) in [6.45, 7) is 1.76. The van der Waals surface area contributed by atoms with Crippen LogP contribution in [0.25, 0.3) is 11.8 Å². The molecule has 2 aromatic carbocycles. The molecule has 146 valence electrons. The SMILES string of the molecule is Cc1c(N2C(=O)/C(=C\c3ccccc3F)SC2=S)c(=O)n(-c2ccccc2)n1C. The van der Waals surface area contributed by atoms with Gasteiger partial charge in [-0.25, -0.2) is 9.07 Å². The van der Waals surface area contributed by atoms with Crippen molar-refractivity contribution in [3.8, 4) is 5.69 Å². The number of carbonyl (C=O) groups is 1. The molecule has 8 heteroatoms. The summed E-state index contributed by atoms with van der Waals surface area (Å²) in [5.74, 6) is -0.866. The second kappa shape index (κ2) is 7.46. The van der Waals surface area contributed by atoms with Gasteiger partial charge in [0, 0.05) is 12.6 Å². The van der Waals surface area contributed by atoms with E-state index in [-0.39, 0.29) is 20.5 Å². The maximum Gasteiger partial charge on any atom is 0.296 e. The van der Waals surface area contributed by atoms with Crippen LogP contribution in [0, 0.1) is 12.7 Å². The van der Waals surface area contributed by atoms with E-state index in [1.165, 1.54) is 21.7 Å². The number of thioether (sulfide) groups is 1. The number of benzene rings is 2. The zero-order valence-corrected chi connectivity index (χ0v) is 17.3. The summed E-state index contributed by atoms with van der Waals surface area (Å²) in [5.41, 5.74) is 1.43. The molecule has 29 heavy (non-hydrogen) atoms. The van der Waals surface area contributed by atoms with Crippen LogP contribution in [-0.2, 0) is 11.8 Å². The maximum atomic E-state index is 14.0. The molecule has 1 aromatic heterocycles. The summed E-state index contributed by atoms with van der Waals surface area (Å²) >= 11 is 6.44. The van der Waals surface area contributed by atoms with E-state index in [0.29, 0.717) is 16.9 Å². The average molecular weight is 426 g/mol. The van der Waals surface area contributed by atoms with Crippen molar-refractivity contribution in [2.45, 2.75) is 6.92 Å². The van der Waals surface area contributed by atoms with Gasteiger partial charge in [0.15, 0.2) is 4.32 Å². The van der Waals surface area contributed by atoms with Gasteiger partial charge in [-0.15, -0.1) is 0 Å². The molecule has 3 aromatic rings. The number of hydrogen-bond acceptors (Lipinski definition) is 4. The highest BCUT2D eigenvalue weighted by molar-refractivity contribution is 8.27. The molecule has 0 spiro atoms. The Kier molecular flexibility index (Phi) is 4.97. The summed E-state index contributed by atoms with van der Waals surface area (Å²) in [7, 11) is 1.75. The van der Waals surface area contributed by atoms with Gasteiger partial charge in [-0.2, -0.15) is 0 Å². The quantitative estimate of drug-likeness (QED) is 0.470. The van der Waals surface area contributed by atoms with Crippen LogP contribution in [0.4, 0.5) is 10.1 Å². The van der Waals surface area contributed by atoms with Crippen LogP contribution in [-0.4, -0.2) is 19.6 Å². The standard InChI is InChI=1S/C21H16FN3O2S2/c1-13-18(20(27)25(23(13)2)15-9-4-3-5-10-15)24-19(26)17(29-21(24)28)12-14-8-6-7-11-16(14)22/h3-12H,1-2H3/b17-12+. The Balaban J connectivity index is 1.80. The molecule has 1 saturated heterocycles. The van der Waals surface area contributed by atoms with Crippen molar-refractivity contribution in [2.24, 2.45) is 7.05 Å². The lowest BCUT2D eigenvalue weighted by Gasteiger charge is -2.12. The minimum atomic E-state index is -0.436. The van der Waals surface area contributed by atoms with Crippen molar-refractivity contribution in [3.05, 3.63) is 86.9 Å². The zero-order chi connectivity index (χ0) is 20.7. The number of amides is 1. The van der Waals surface area contributed by atoms with Gasteiger partial charge >= 0.3 is 0 Å². The van der Waals surface area contributed by atoms with E-state index >= 15 is 0 Å². The highest BCUT2D eigenvalue weighted by Crippen LogP contribution is 2.36. The van der Waals surface area contributed by atoms with Gasteiger partial charge in [0.25, 0.3) is 11.5 Å². The van der Waals surface area contributed by atoms with Gasteiger partial charge in [0.1, 0.15) is 11.5 Å². The Bertz CT molecular complexity index is 1230. The predicted molar refractivity (Wildman–Crippen MR) is 118 cm³/mol. The molecular weight excluding hydrogens is 409 g/mol. The van der Waals surface area contributed by atoms with Crippen molar-refractivity contribution in [1.29, 1.82) is 0 Å². The minimum absolute atomic E-state index is 0.204. The number of hydrogen-bond donors (Lipinski definition) is 0. The van der Waals surface area contributed by atoms with E-state index in [1.54, 1.807) is 36.9 Å². The fourth-order valence-electron chi connectivity index (χ4n) is 3.21. The fourth-order valence-corrected chi connectivity index (χ4v) is 4.47. The van der Waals surface area contributed by atoms with E-state index in [4.69, 9.17) is 12.2 Å². The van der Waals surface area contributed by atoms with Crippen molar-refractivity contribution < 1.29 is 9.18 Å². The van der Waals surface area contributed by atoms with Crippen LogP contribution in [0.1, 0.15) is 11.3 Å². The topological polar surface area (TPSA) is 47.2 Å². The summed E-state index contributed by atoms with van der Waals surface area (Å²) in [6, 6.07) is 15.3. The number of carbonyl (C=O) groups excluding carboxylic acids is 1. The number of nitrogens with zero attached hydrogens (tertiary/aromatic N) is 3. The number of thiocarbonyl (C=S) groups is 1. The number of rotatable bonds is 3. The first-order chi connectivity index (χ1) is 13.9. The number of anilines is 1. The summed E-state index contributed by atoms with van der Waals surface area (Å²) in [4.78, 5) is 27.8. The van der Waals surface area contributed by atoms with E-state index in [9.17, 15) is 14.0 Å². The zero-order valence-electron chi connectivity index (χ0n) is 15.6. The first-order valence-corrected chi connectivity index (χ1v) is 9.99. The first-order valence-electron chi connectivity index (χ1n) is 8.76. The summed E-state index contributed by atoms with van der Waals surface area (Å²) in [6.07, 6.45) is 1.46. The smallest absolute Gasteiger partial charge is 0.283 e. The van der Waals surface area contributed by atoms with Crippen LogP contribution in [0.5, 0.6) is 0 Å². The highest BCUT2D eigenvalue weighted by Gasteiger charge is 2.37. The molecule has 1 aliphatic heterocycles. The molecule has 0 unspecified atom stereocenters. The molecule has 0 radical (unpaired) electrons. The lowest BCUT2D eigenvalue weighted by atomic mass is 10.2. The monoisotopic (exact) mass is 425 g/mol. The van der Waals surface area contributed by atoms with Gasteiger partial charge in [-0.05, 0) is 31.2 Å². The highest BCUT2D eigenvalue weighted by atomic mass is 32.2. The Morgan fingerprint density at radius 2 is 1.69 bits per heavy atom. The van der Waals surface area contributed by atoms with Gasteiger partial charge in [0.2, 0.25) is 0 Å². The third-order valence-electron chi connectivity index (χ3n) is 4.73. The first kappa shape index (κ1) is 19.4. The molecule has 5 nitrogen and oxygen atoms in total. The molecule has 1 amide bonds. The maximum absolute atomic E-state index is 14.0. The second-order valence-electron chi connectivity index (χ2n) is 6.45. The molecule has 1 aliphatic rings. The molecular formula is C21H16FN3O2S2. The van der Waals surface area contributed by atoms with E-state index < -0.39 is 11.7 Å². The molecule has 1 fully saturated rings. The van der Waals surface area contributed by atoms with Gasteiger partial charge in [0.05, 0.1) is 16.3 Å². The molecule has 4 rings (SSSR count). The van der Waals surface area contributed by atoms with Gasteiger partial charge < -0.3 is 0 Å². The van der Waals surface area contributed by atoms with Gasteiger partial charge in [-0.3, -0.25) is 19.2 Å². The van der Waals surface area contributed by atoms with Crippen molar-refractivity contribution in [2.75, 3.05) is 4.90 Å². The number of para-hydroxylation sites is 1. The predicted octanol–water partition coefficient (Wildman–Crippen LogP) is 4.03. The van der Waals surface area contributed by atoms with Crippen molar-refractivity contribution >= 4 is 46.0 Å². The Hall–Kier alpha value is -2.97. The second-order valence-corrected chi connectivity index (χ2v) is 8.12. The Morgan fingerprint density at radius 3 is 2.38 bits per heavy atom. The normalized spacial score (nSPS) is 15.6. The lowest BCUT2D eigenvalue weighted by molar-refractivity contribution is -0.113. The lowest BCUT2D eigenvalue weighted by Crippen LogP contribution is -2.33. The van der Waals surface area contributed by atoms with E-state index in [0.717, 1.165) is 11.8 Å². The summed E-state index contributed by atoms with van der Waals surface area (Å²) < 4.78 is 17.4. The Labute approximate surface area is 176 Å². The van der Waals surface area contributed by atoms with E-state index in [2.05, 4.69) is 0 Å². The molecule has 0 aliphatic carbocycles. The third-order valence-corrected chi connectivity index (χ3v) is 6.04.